The molecule has 4 heteroatoms. The molecule has 0 N–H and O–H groups in total. The fraction of sp³-hybridized carbons (Fsp3) is 0.500. The summed E-state index contributed by atoms with van der Waals surface area (Å²) >= 11 is 0. The van der Waals surface area contributed by atoms with E-state index in [4.69, 9.17) is 9.41 Å². The van der Waals surface area contributed by atoms with E-state index in [1.807, 2.05) is 6.07 Å². The van der Waals surface area contributed by atoms with Crippen LogP contribution in [0.5, 0.6) is 0 Å². The summed E-state index contributed by atoms with van der Waals surface area (Å²) in [6, 6.07) is 8.26. The molecule has 0 aliphatic rings. The molecule has 0 amide bonds. The number of para-hydroxylation sites is 2. The highest BCUT2D eigenvalue weighted by atomic mass is 28.3. The lowest BCUT2D eigenvalue weighted by Crippen LogP contribution is -2.21. The molecule has 0 aliphatic heterocycles. The van der Waals surface area contributed by atoms with Gasteiger partial charge in [-0.05, 0) is 25.2 Å². The zero-order valence-corrected chi connectivity index (χ0v) is 13.1. The van der Waals surface area contributed by atoms with Gasteiger partial charge in [0.25, 0.3) is 0 Å². The van der Waals surface area contributed by atoms with E-state index >= 15 is 0 Å². The third-order valence-corrected chi connectivity index (χ3v) is 3.68. The molecule has 3 nitrogen and oxygen atoms in total. The second-order valence-electron chi connectivity index (χ2n) is 5.95. The van der Waals surface area contributed by atoms with E-state index in [0.717, 1.165) is 16.9 Å². The topological polar surface area (TPSA) is 27.1 Å². The van der Waals surface area contributed by atoms with Gasteiger partial charge >= 0.3 is 0 Å². The van der Waals surface area contributed by atoms with Gasteiger partial charge in [-0.1, -0.05) is 32.9 Å². The molecule has 0 bridgehead atoms. The van der Waals surface area contributed by atoms with Crippen molar-refractivity contribution in [2.24, 2.45) is 0 Å². The Hall–Kier alpha value is -1.13. The van der Waals surface area contributed by atoms with E-state index < -0.39 is 9.04 Å². The van der Waals surface area contributed by atoms with Gasteiger partial charge in [0.05, 0.1) is 11.0 Å². The predicted octanol–water partition coefficient (Wildman–Crippen LogP) is 3.29. The first-order chi connectivity index (χ1) is 8.39. The van der Waals surface area contributed by atoms with Gasteiger partial charge in [-0.15, -0.1) is 0 Å². The van der Waals surface area contributed by atoms with Crippen molar-refractivity contribution in [3.8, 4) is 0 Å². The summed E-state index contributed by atoms with van der Waals surface area (Å²) < 4.78 is 8.10. The average Bonchev–Trinajstić information content (AvgIpc) is 2.64. The van der Waals surface area contributed by atoms with Crippen molar-refractivity contribution >= 4 is 20.1 Å². The minimum atomic E-state index is -1.02. The van der Waals surface area contributed by atoms with E-state index in [0.29, 0.717) is 6.73 Å². The zero-order chi connectivity index (χ0) is 13.3. The van der Waals surface area contributed by atoms with Crippen molar-refractivity contribution in [3.63, 3.8) is 0 Å². The Balaban J connectivity index is 2.51. The van der Waals surface area contributed by atoms with Crippen LogP contribution in [0.25, 0.3) is 11.0 Å². The van der Waals surface area contributed by atoms with Gasteiger partial charge in [0.15, 0.2) is 9.04 Å². The molecule has 0 atom stereocenters. The van der Waals surface area contributed by atoms with E-state index in [2.05, 4.69) is 56.6 Å². The summed E-state index contributed by atoms with van der Waals surface area (Å²) in [5.41, 5.74) is 2.24. The van der Waals surface area contributed by atoms with Crippen LogP contribution in [0.1, 0.15) is 26.6 Å². The third kappa shape index (κ3) is 2.65. The van der Waals surface area contributed by atoms with Crippen LogP contribution in [0.2, 0.25) is 13.1 Å². The van der Waals surface area contributed by atoms with Crippen LogP contribution in [0.15, 0.2) is 24.3 Å². The van der Waals surface area contributed by atoms with E-state index in [1.165, 1.54) is 0 Å². The summed E-state index contributed by atoms with van der Waals surface area (Å²) in [4.78, 5) is 4.76. The van der Waals surface area contributed by atoms with E-state index in [1.54, 1.807) is 0 Å². The number of imidazole rings is 1. The Bertz CT molecular complexity index is 540. The molecule has 0 unspecified atom stereocenters. The fourth-order valence-corrected chi connectivity index (χ4v) is 2.45. The predicted molar refractivity (Wildman–Crippen MR) is 78.4 cm³/mol. The Morgan fingerprint density at radius 3 is 2.50 bits per heavy atom. The highest BCUT2D eigenvalue weighted by Gasteiger charge is 2.22. The molecule has 0 fully saturated rings. The van der Waals surface area contributed by atoms with Crippen LogP contribution in [0.3, 0.4) is 0 Å². The normalized spacial score (nSPS) is 12.6. The largest absolute Gasteiger partial charge is 0.403 e. The second-order valence-corrected chi connectivity index (χ2v) is 8.38. The summed E-state index contributed by atoms with van der Waals surface area (Å²) in [7, 11) is -1.02. The Kier molecular flexibility index (Phi) is 3.59. The SMILES string of the molecule is C[SiH](C)OCn1c(C(C)(C)C)nc2ccccc21. The molecule has 0 saturated carbocycles. The van der Waals surface area contributed by atoms with Gasteiger partial charge in [0.2, 0.25) is 0 Å². The average molecular weight is 262 g/mol. The minimum absolute atomic E-state index is 0.0287. The maximum absolute atomic E-state index is 5.89. The van der Waals surface area contributed by atoms with Crippen molar-refractivity contribution in [3.05, 3.63) is 30.1 Å². The first-order valence-electron chi connectivity index (χ1n) is 6.47. The van der Waals surface area contributed by atoms with Gasteiger partial charge in [-0.25, -0.2) is 4.98 Å². The third-order valence-electron chi connectivity index (χ3n) is 2.86. The maximum atomic E-state index is 5.89. The molecule has 18 heavy (non-hydrogen) atoms. The summed E-state index contributed by atoms with van der Waals surface area (Å²) in [6.45, 7) is 11.6. The quantitative estimate of drug-likeness (QED) is 0.794. The summed E-state index contributed by atoms with van der Waals surface area (Å²) in [6.07, 6.45) is 0. The number of nitrogens with zero attached hydrogens (tertiary/aromatic N) is 2. The number of aromatic nitrogens is 2. The highest BCUT2D eigenvalue weighted by Crippen LogP contribution is 2.26. The van der Waals surface area contributed by atoms with Crippen molar-refractivity contribution in [2.45, 2.75) is 46.0 Å². The lowest BCUT2D eigenvalue weighted by atomic mass is 9.96. The molecule has 0 aliphatic carbocycles. The van der Waals surface area contributed by atoms with Crippen molar-refractivity contribution in [2.75, 3.05) is 0 Å². The summed E-state index contributed by atoms with van der Waals surface area (Å²) in [5, 5.41) is 0. The van der Waals surface area contributed by atoms with Gasteiger partial charge in [-0.3, -0.25) is 0 Å². The molecule has 0 saturated heterocycles. The van der Waals surface area contributed by atoms with Crippen LogP contribution >= 0.6 is 0 Å². The Labute approximate surface area is 111 Å². The minimum Gasteiger partial charge on any atom is -0.403 e. The van der Waals surface area contributed by atoms with Gasteiger partial charge in [0.1, 0.15) is 12.6 Å². The number of rotatable bonds is 3. The molecular weight excluding hydrogens is 240 g/mol. The van der Waals surface area contributed by atoms with Crippen LogP contribution < -0.4 is 0 Å². The van der Waals surface area contributed by atoms with Gasteiger partial charge < -0.3 is 8.99 Å². The fourth-order valence-electron chi connectivity index (χ4n) is 2.00. The lowest BCUT2D eigenvalue weighted by molar-refractivity contribution is 0.235. The second kappa shape index (κ2) is 4.86. The number of benzene rings is 1. The van der Waals surface area contributed by atoms with Crippen LogP contribution in [-0.2, 0) is 16.6 Å². The van der Waals surface area contributed by atoms with E-state index in [9.17, 15) is 0 Å². The zero-order valence-electron chi connectivity index (χ0n) is 11.9. The molecule has 98 valence electrons. The van der Waals surface area contributed by atoms with Crippen LogP contribution in [-0.4, -0.2) is 18.6 Å². The molecule has 0 spiro atoms. The molecule has 1 aromatic heterocycles. The molecule has 1 heterocycles. The molecule has 1 aromatic carbocycles. The van der Waals surface area contributed by atoms with Crippen molar-refractivity contribution in [1.29, 1.82) is 0 Å². The Morgan fingerprint density at radius 1 is 1.22 bits per heavy atom. The smallest absolute Gasteiger partial charge is 0.173 e. The number of fused-ring (bicyclic) bond motifs is 1. The molecule has 0 radical (unpaired) electrons. The van der Waals surface area contributed by atoms with Gasteiger partial charge in [-0.2, -0.15) is 0 Å². The standard InChI is InChI=1S/C14H22N2OSi/c1-14(2,3)13-15-11-8-6-7-9-12(11)16(13)10-17-18(4)5/h6-9,18H,10H2,1-5H3. The first kappa shape index (κ1) is 13.3. The van der Waals surface area contributed by atoms with Gasteiger partial charge in [0, 0.05) is 5.41 Å². The van der Waals surface area contributed by atoms with E-state index in [-0.39, 0.29) is 5.41 Å². The monoisotopic (exact) mass is 262 g/mol. The Morgan fingerprint density at radius 2 is 1.89 bits per heavy atom. The molecule has 2 rings (SSSR count). The highest BCUT2D eigenvalue weighted by molar-refractivity contribution is 6.48. The van der Waals surface area contributed by atoms with Crippen molar-refractivity contribution in [1.82, 2.24) is 9.55 Å². The summed E-state index contributed by atoms with van der Waals surface area (Å²) in [5.74, 6) is 1.10. The number of hydrogen-bond acceptors (Lipinski definition) is 2. The maximum Gasteiger partial charge on any atom is 0.173 e. The molecule has 2 aromatic rings. The number of hydrogen-bond donors (Lipinski definition) is 0. The molecular formula is C14H22N2OSi. The van der Waals surface area contributed by atoms with Crippen molar-refractivity contribution < 1.29 is 4.43 Å². The van der Waals surface area contributed by atoms with Crippen LogP contribution in [0.4, 0.5) is 0 Å². The lowest BCUT2D eigenvalue weighted by Gasteiger charge is -2.21. The first-order valence-corrected chi connectivity index (χ1v) is 9.25. The van der Waals surface area contributed by atoms with Crippen LogP contribution in [0, 0.1) is 0 Å².